The van der Waals surface area contributed by atoms with Crippen molar-refractivity contribution in [1.82, 2.24) is 20.1 Å². The van der Waals surface area contributed by atoms with E-state index in [-0.39, 0.29) is 13.0 Å². The van der Waals surface area contributed by atoms with Gasteiger partial charge in [-0.2, -0.15) is 13.2 Å². The van der Waals surface area contributed by atoms with E-state index in [1.165, 1.54) is 19.3 Å². The second-order valence-corrected chi connectivity index (χ2v) is 6.14. The summed E-state index contributed by atoms with van der Waals surface area (Å²) in [7, 11) is 0. The van der Waals surface area contributed by atoms with Crippen molar-refractivity contribution in [2.24, 2.45) is 5.92 Å². The van der Waals surface area contributed by atoms with Gasteiger partial charge < -0.3 is 9.88 Å². The first kappa shape index (κ1) is 14.8. The lowest BCUT2D eigenvalue weighted by molar-refractivity contribution is -0.182. The Bertz CT molecular complexity index is 477. The van der Waals surface area contributed by atoms with Crippen LogP contribution in [0.3, 0.4) is 0 Å². The van der Waals surface area contributed by atoms with Gasteiger partial charge in [0.2, 0.25) is 0 Å². The SMILES string of the molecule is FC(F)(F)[C@H]1CCc2nnc(CNC3CCCCC3)n2C1. The highest BCUT2D eigenvalue weighted by Gasteiger charge is 2.42. The number of alkyl halides is 3. The molecule has 7 heteroatoms. The minimum Gasteiger partial charge on any atom is -0.313 e. The van der Waals surface area contributed by atoms with Crippen LogP contribution in [0.4, 0.5) is 13.2 Å². The van der Waals surface area contributed by atoms with Crippen molar-refractivity contribution in [2.75, 3.05) is 0 Å². The second kappa shape index (κ2) is 5.94. The maximum absolute atomic E-state index is 12.9. The zero-order valence-corrected chi connectivity index (χ0v) is 12.0. The minimum absolute atomic E-state index is 0.0342. The van der Waals surface area contributed by atoms with E-state index < -0.39 is 12.1 Å². The molecule has 0 saturated heterocycles. The van der Waals surface area contributed by atoms with Crippen molar-refractivity contribution in [3.8, 4) is 0 Å². The normalized spacial score (nSPS) is 24.0. The summed E-state index contributed by atoms with van der Waals surface area (Å²) in [6, 6.07) is 0.466. The van der Waals surface area contributed by atoms with Crippen molar-refractivity contribution in [3.63, 3.8) is 0 Å². The number of nitrogens with one attached hydrogen (secondary N) is 1. The molecule has 1 aromatic rings. The monoisotopic (exact) mass is 302 g/mol. The molecule has 1 N–H and O–H groups in total. The molecule has 1 fully saturated rings. The van der Waals surface area contributed by atoms with Gasteiger partial charge in [0, 0.05) is 19.0 Å². The summed E-state index contributed by atoms with van der Waals surface area (Å²) in [6.45, 7) is 0.482. The first-order valence-corrected chi connectivity index (χ1v) is 7.75. The molecule has 1 aromatic heterocycles. The summed E-state index contributed by atoms with van der Waals surface area (Å²) in [5.41, 5.74) is 0. The van der Waals surface area contributed by atoms with E-state index in [1.807, 2.05) is 0 Å². The molecular formula is C14H21F3N4. The number of halogens is 3. The summed E-state index contributed by atoms with van der Waals surface area (Å²) in [6.07, 6.45) is 2.38. The van der Waals surface area contributed by atoms with Crippen molar-refractivity contribution in [3.05, 3.63) is 11.6 Å². The fourth-order valence-electron chi connectivity index (χ4n) is 3.32. The van der Waals surface area contributed by atoms with E-state index in [0.29, 0.717) is 30.7 Å². The Morgan fingerprint density at radius 1 is 1.10 bits per heavy atom. The number of fused-ring (bicyclic) bond motifs is 1. The lowest BCUT2D eigenvalue weighted by Gasteiger charge is -2.27. The topological polar surface area (TPSA) is 42.7 Å². The molecule has 1 saturated carbocycles. The molecule has 0 aromatic carbocycles. The van der Waals surface area contributed by atoms with Crippen LogP contribution >= 0.6 is 0 Å². The van der Waals surface area contributed by atoms with Crippen LogP contribution in [0, 0.1) is 5.92 Å². The van der Waals surface area contributed by atoms with Crippen LogP contribution in [-0.2, 0) is 19.5 Å². The van der Waals surface area contributed by atoms with Gasteiger partial charge in [0.15, 0.2) is 0 Å². The van der Waals surface area contributed by atoms with E-state index in [4.69, 9.17) is 0 Å². The standard InChI is InChI=1S/C14H21F3N4/c15-14(16,17)10-6-7-12-19-20-13(21(12)9-10)8-18-11-4-2-1-3-5-11/h10-11,18H,1-9H2/t10-/m0/s1. The van der Waals surface area contributed by atoms with E-state index in [9.17, 15) is 13.2 Å². The van der Waals surface area contributed by atoms with Gasteiger partial charge in [0.05, 0.1) is 12.5 Å². The molecule has 1 atom stereocenters. The van der Waals surface area contributed by atoms with Gasteiger partial charge in [-0.05, 0) is 19.3 Å². The van der Waals surface area contributed by atoms with E-state index in [0.717, 1.165) is 12.8 Å². The number of rotatable bonds is 3. The fraction of sp³-hybridized carbons (Fsp3) is 0.857. The molecule has 2 heterocycles. The van der Waals surface area contributed by atoms with Crippen molar-refractivity contribution < 1.29 is 13.2 Å². The molecule has 0 bridgehead atoms. The lowest BCUT2D eigenvalue weighted by atomic mass is 9.95. The Morgan fingerprint density at radius 3 is 2.57 bits per heavy atom. The lowest BCUT2D eigenvalue weighted by Crippen LogP contribution is -2.35. The van der Waals surface area contributed by atoms with E-state index >= 15 is 0 Å². The van der Waals surface area contributed by atoms with Gasteiger partial charge in [-0.3, -0.25) is 0 Å². The van der Waals surface area contributed by atoms with Crippen LogP contribution < -0.4 is 5.32 Å². The molecule has 4 nitrogen and oxygen atoms in total. The van der Waals surface area contributed by atoms with E-state index in [2.05, 4.69) is 15.5 Å². The third-order valence-corrected chi connectivity index (χ3v) is 4.64. The summed E-state index contributed by atoms with van der Waals surface area (Å²) in [4.78, 5) is 0. The minimum atomic E-state index is -4.13. The van der Waals surface area contributed by atoms with Crippen molar-refractivity contribution >= 4 is 0 Å². The van der Waals surface area contributed by atoms with Crippen LogP contribution in [0.5, 0.6) is 0 Å². The fourth-order valence-corrected chi connectivity index (χ4v) is 3.32. The first-order chi connectivity index (χ1) is 10.0. The smallest absolute Gasteiger partial charge is 0.313 e. The largest absolute Gasteiger partial charge is 0.393 e. The summed E-state index contributed by atoms with van der Waals surface area (Å²) in [5.74, 6) is 0.0647. The highest BCUT2D eigenvalue weighted by Crippen LogP contribution is 2.34. The molecule has 2 aliphatic rings. The van der Waals surface area contributed by atoms with Gasteiger partial charge in [0.1, 0.15) is 11.6 Å². The number of aromatic nitrogens is 3. The molecule has 0 spiro atoms. The van der Waals surface area contributed by atoms with Gasteiger partial charge in [-0.25, -0.2) is 0 Å². The predicted octanol–water partition coefficient (Wildman–Crippen LogP) is 2.83. The quantitative estimate of drug-likeness (QED) is 0.933. The number of hydrogen-bond donors (Lipinski definition) is 1. The highest BCUT2D eigenvalue weighted by atomic mass is 19.4. The Morgan fingerprint density at radius 2 is 1.86 bits per heavy atom. The molecule has 21 heavy (non-hydrogen) atoms. The predicted molar refractivity (Wildman–Crippen MR) is 71.6 cm³/mol. The first-order valence-electron chi connectivity index (χ1n) is 7.75. The van der Waals surface area contributed by atoms with Crippen LogP contribution in [0.2, 0.25) is 0 Å². The van der Waals surface area contributed by atoms with Crippen LogP contribution in [-0.4, -0.2) is 27.0 Å². The van der Waals surface area contributed by atoms with Crippen LogP contribution in [0.1, 0.15) is 50.2 Å². The highest BCUT2D eigenvalue weighted by molar-refractivity contribution is 5.01. The number of nitrogens with zero attached hydrogens (tertiary/aromatic N) is 3. The van der Waals surface area contributed by atoms with Gasteiger partial charge in [-0.15, -0.1) is 10.2 Å². The van der Waals surface area contributed by atoms with E-state index in [1.54, 1.807) is 4.57 Å². The number of hydrogen-bond acceptors (Lipinski definition) is 3. The molecular weight excluding hydrogens is 281 g/mol. The summed E-state index contributed by atoms with van der Waals surface area (Å²) < 4.78 is 40.3. The molecule has 118 valence electrons. The Kier molecular flexibility index (Phi) is 4.19. The average Bonchev–Trinajstić information content (AvgIpc) is 2.87. The average molecular weight is 302 g/mol. The third kappa shape index (κ3) is 3.39. The van der Waals surface area contributed by atoms with Gasteiger partial charge >= 0.3 is 6.18 Å². The van der Waals surface area contributed by atoms with Gasteiger partial charge in [0.25, 0.3) is 0 Å². The number of aryl methyl sites for hydroxylation is 1. The Hall–Kier alpha value is -1.11. The third-order valence-electron chi connectivity index (χ3n) is 4.64. The van der Waals surface area contributed by atoms with Crippen LogP contribution in [0.25, 0.3) is 0 Å². The molecule has 0 unspecified atom stereocenters. The molecule has 0 amide bonds. The molecule has 1 aliphatic carbocycles. The summed E-state index contributed by atoms with van der Waals surface area (Å²) in [5, 5.41) is 11.5. The van der Waals surface area contributed by atoms with Crippen molar-refractivity contribution in [1.29, 1.82) is 0 Å². The zero-order chi connectivity index (χ0) is 14.9. The van der Waals surface area contributed by atoms with Crippen molar-refractivity contribution in [2.45, 2.75) is 70.3 Å². The molecule has 0 radical (unpaired) electrons. The van der Waals surface area contributed by atoms with Gasteiger partial charge in [-0.1, -0.05) is 19.3 Å². The summed E-state index contributed by atoms with van der Waals surface area (Å²) >= 11 is 0. The second-order valence-electron chi connectivity index (χ2n) is 6.14. The molecule has 1 aliphatic heterocycles. The van der Waals surface area contributed by atoms with Crippen LogP contribution in [0.15, 0.2) is 0 Å². The Labute approximate surface area is 122 Å². The zero-order valence-electron chi connectivity index (χ0n) is 12.0. The maximum atomic E-state index is 12.9. The maximum Gasteiger partial charge on any atom is 0.393 e. The Balaban J connectivity index is 1.64. The molecule has 3 rings (SSSR count).